The van der Waals surface area contributed by atoms with Crippen LogP contribution in [0.25, 0.3) is 22.3 Å². The maximum atomic E-state index is 13.2. The molecule has 0 aliphatic carbocycles. The Kier molecular flexibility index (Phi) is 3.75. The van der Waals surface area contributed by atoms with Crippen LogP contribution in [0.15, 0.2) is 35.1 Å². The number of nitro groups is 1. The molecule has 5 rings (SSSR count). The number of carbonyl (C=O) groups excluding carboxylic acids is 1. The molecule has 3 aromatic rings. The first kappa shape index (κ1) is 17.5. The van der Waals surface area contributed by atoms with E-state index in [0.29, 0.717) is 16.8 Å². The van der Waals surface area contributed by atoms with Gasteiger partial charge in [-0.05, 0) is 19.1 Å². The molecule has 0 saturated carbocycles. The number of ether oxygens (including phenoxy) is 2. The SMILES string of the molecule is CCOC1C(=O)OCc2c1c([N+](=O)[O-])c1n(c2=O)Cc2cc3ccccc3nc2-1. The number of benzene rings is 1. The lowest BCUT2D eigenvalue weighted by Gasteiger charge is -2.24. The first-order valence-corrected chi connectivity index (χ1v) is 9.12. The van der Waals surface area contributed by atoms with Gasteiger partial charge in [0, 0.05) is 17.6 Å². The highest BCUT2D eigenvalue weighted by molar-refractivity contribution is 5.88. The van der Waals surface area contributed by atoms with Gasteiger partial charge < -0.3 is 9.47 Å². The fourth-order valence-electron chi connectivity index (χ4n) is 4.09. The number of hydrogen-bond donors (Lipinski definition) is 0. The monoisotopic (exact) mass is 393 g/mol. The summed E-state index contributed by atoms with van der Waals surface area (Å²) in [6.45, 7) is 1.65. The Bertz CT molecular complexity index is 1280. The molecule has 0 fully saturated rings. The smallest absolute Gasteiger partial charge is 0.340 e. The van der Waals surface area contributed by atoms with Crippen molar-refractivity contribution in [1.82, 2.24) is 9.55 Å². The molecule has 9 nitrogen and oxygen atoms in total. The summed E-state index contributed by atoms with van der Waals surface area (Å²) < 4.78 is 11.9. The second kappa shape index (κ2) is 6.21. The number of nitrogens with zero attached hydrogens (tertiary/aromatic N) is 3. The van der Waals surface area contributed by atoms with Crippen molar-refractivity contribution in [3.05, 3.63) is 67.5 Å². The van der Waals surface area contributed by atoms with Crippen LogP contribution in [-0.4, -0.2) is 27.1 Å². The van der Waals surface area contributed by atoms with Crippen molar-refractivity contribution in [1.29, 1.82) is 0 Å². The van der Waals surface area contributed by atoms with Crippen molar-refractivity contribution in [2.24, 2.45) is 0 Å². The molecule has 0 bridgehead atoms. The van der Waals surface area contributed by atoms with Gasteiger partial charge in [0.1, 0.15) is 12.3 Å². The lowest BCUT2D eigenvalue weighted by atomic mass is 9.97. The lowest BCUT2D eigenvalue weighted by molar-refractivity contribution is -0.386. The molecule has 0 N–H and O–H groups in total. The average Bonchev–Trinajstić information content (AvgIpc) is 3.07. The van der Waals surface area contributed by atoms with Crippen LogP contribution < -0.4 is 5.56 Å². The lowest BCUT2D eigenvalue weighted by Crippen LogP contribution is -2.34. The number of cyclic esters (lactones) is 1. The molecule has 4 heterocycles. The van der Waals surface area contributed by atoms with Gasteiger partial charge in [-0.15, -0.1) is 0 Å². The van der Waals surface area contributed by atoms with E-state index in [9.17, 15) is 19.7 Å². The van der Waals surface area contributed by atoms with Crippen LogP contribution in [0.2, 0.25) is 0 Å². The standard InChI is InChI=1S/C20H15N3O6/c1-2-28-18-14-12(9-29-20(18)25)19(24)22-8-11-7-10-5-3-4-6-13(10)21-15(11)17(22)16(14)23(26)27/h3-7,18H,2,8-9H2,1H3. The van der Waals surface area contributed by atoms with Crippen molar-refractivity contribution in [3.8, 4) is 11.4 Å². The van der Waals surface area contributed by atoms with Crippen LogP contribution in [-0.2, 0) is 27.4 Å². The minimum atomic E-state index is -1.31. The minimum absolute atomic E-state index is 0.0211. The highest BCUT2D eigenvalue weighted by Gasteiger charge is 2.44. The second-order valence-electron chi connectivity index (χ2n) is 6.87. The number of aromatic nitrogens is 2. The summed E-state index contributed by atoms with van der Waals surface area (Å²) in [5.74, 6) is -0.739. The summed E-state index contributed by atoms with van der Waals surface area (Å²) in [7, 11) is 0. The zero-order valence-electron chi connectivity index (χ0n) is 15.4. The van der Waals surface area contributed by atoms with E-state index in [4.69, 9.17) is 9.47 Å². The van der Waals surface area contributed by atoms with Gasteiger partial charge in [-0.3, -0.25) is 19.5 Å². The van der Waals surface area contributed by atoms with Crippen LogP contribution in [0.4, 0.5) is 5.69 Å². The molecule has 9 heteroatoms. The van der Waals surface area contributed by atoms with E-state index in [2.05, 4.69) is 4.98 Å². The van der Waals surface area contributed by atoms with Crippen LogP contribution in [0.3, 0.4) is 0 Å². The van der Waals surface area contributed by atoms with E-state index < -0.39 is 22.6 Å². The highest BCUT2D eigenvalue weighted by Crippen LogP contribution is 2.44. The highest BCUT2D eigenvalue weighted by atomic mass is 16.6. The first-order valence-electron chi connectivity index (χ1n) is 9.12. The van der Waals surface area contributed by atoms with Crippen LogP contribution in [0, 0.1) is 10.1 Å². The normalized spacial score (nSPS) is 16.9. The number of carbonyl (C=O) groups is 1. The van der Waals surface area contributed by atoms with Gasteiger partial charge in [0.15, 0.2) is 6.10 Å². The van der Waals surface area contributed by atoms with Crippen molar-refractivity contribution in [2.45, 2.75) is 26.2 Å². The van der Waals surface area contributed by atoms with Crippen molar-refractivity contribution in [3.63, 3.8) is 0 Å². The molecule has 0 amide bonds. The summed E-state index contributed by atoms with van der Waals surface area (Å²) in [5, 5.41) is 13.0. The summed E-state index contributed by atoms with van der Waals surface area (Å²) in [5.41, 5.74) is 1.17. The zero-order valence-corrected chi connectivity index (χ0v) is 15.4. The van der Waals surface area contributed by atoms with Crippen LogP contribution >= 0.6 is 0 Å². The first-order chi connectivity index (χ1) is 14.0. The number of fused-ring (bicyclic) bond motifs is 5. The molecule has 1 aromatic carbocycles. The molecule has 0 saturated heterocycles. The quantitative estimate of drug-likeness (QED) is 0.298. The molecule has 1 atom stereocenters. The Labute approximate surface area is 163 Å². The van der Waals surface area contributed by atoms with E-state index in [0.717, 1.165) is 5.39 Å². The summed E-state index contributed by atoms with van der Waals surface area (Å²) in [4.78, 5) is 41.6. The zero-order chi connectivity index (χ0) is 20.3. The second-order valence-corrected chi connectivity index (χ2v) is 6.87. The molecule has 0 spiro atoms. The number of pyridine rings is 2. The number of para-hydroxylation sites is 1. The minimum Gasteiger partial charge on any atom is -0.458 e. The van der Waals surface area contributed by atoms with Gasteiger partial charge in [0.25, 0.3) is 5.56 Å². The van der Waals surface area contributed by atoms with E-state index in [1.54, 1.807) is 13.0 Å². The summed E-state index contributed by atoms with van der Waals surface area (Å²) >= 11 is 0. The van der Waals surface area contributed by atoms with Crippen LogP contribution in [0.5, 0.6) is 0 Å². The maximum absolute atomic E-state index is 13.2. The molecular weight excluding hydrogens is 378 g/mol. The Balaban J connectivity index is 1.88. The molecular formula is C20H15N3O6. The Hall–Kier alpha value is -3.59. The molecule has 0 radical (unpaired) electrons. The molecule has 2 aliphatic heterocycles. The van der Waals surface area contributed by atoms with Gasteiger partial charge in [-0.2, -0.15) is 0 Å². The van der Waals surface area contributed by atoms with E-state index >= 15 is 0 Å². The number of rotatable bonds is 3. The average molecular weight is 393 g/mol. The maximum Gasteiger partial charge on any atom is 0.340 e. The molecule has 2 aliphatic rings. The molecule has 29 heavy (non-hydrogen) atoms. The topological polar surface area (TPSA) is 114 Å². The van der Waals surface area contributed by atoms with Gasteiger partial charge >= 0.3 is 11.7 Å². The van der Waals surface area contributed by atoms with Gasteiger partial charge in [-0.1, -0.05) is 18.2 Å². The third kappa shape index (κ3) is 2.40. The fourth-order valence-corrected chi connectivity index (χ4v) is 4.09. The fraction of sp³-hybridized carbons (Fsp3) is 0.250. The molecule has 2 aromatic heterocycles. The predicted octanol–water partition coefficient (Wildman–Crippen LogP) is 2.47. The van der Waals surface area contributed by atoms with Crippen molar-refractivity contribution in [2.75, 3.05) is 6.61 Å². The summed E-state index contributed by atoms with van der Waals surface area (Å²) in [6.07, 6.45) is -1.31. The Morgan fingerprint density at radius 2 is 2.14 bits per heavy atom. The number of esters is 1. The van der Waals surface area contributed by atoms with Crippen LogP contribution in [0.1, 0.15) is 29.7 Å². The van der Waals surface area contributed by atoms with E-state index in [-0.39, 0.29) is 42.3 Å². The third-order valence-electron chi connectivity index (χ3n) is 5.28. The molecule has 1 unspecified atom stereocenters. The predicted molar refractivity (Wildman–Crippen MR) is 101 cm³/mol. The summed E-state index contributed by atoms with van der Waals surface area (Å²) in [6, 6.07) is 9.29. The van der Waals surface area contributed by atoms with E-state index in [1.807, 2.05) is 24.3 Å². The molecule has 146 valence electrons. The Morgan fingerprint density at radius 3 is 2.90 bits per heavy atom. The van der Waals surface area contributed by atoms with Gasteiger partial charge in [0.2, 0.25) is 0 Å². The van der Waals surface area contributed by atoms with Gasteiger partial charge in [0.05, 0.1) is 33.8 Å². The largest absolute Gasteiger partial charge is 0.458 e. The number of hydrogen-bond acceptors (Lipinski definition) is 7. The van der Waals surface area contributed by atoms with Crippen molar-refractivity contribution >= 4 is 22.6 Å². The Morgan fingerprint density at radius 1 is 1.34 bits per heavy atom. The van der Waals surface area contributed by atoms with E-state index in [1.165, 1.54) is 4.57 Å². The third-order valence-corrected chi connectivity index (χ3v) is 5.28. The van der Waals surface area contributed by atoms with Crippen molar-refractivity contribution < 1.29 is 19.2 Å². The van der Waals surface area contributed by atoms with Gasteiger partial charge in [-0.25, -0.2) is 9.78 Å².